The molecule has 1 saturated heterocycles. The van der Waals surface area contributed by atoms with E-state index in [1.165, 1.54) is 12.3 Å². The van der Waals surface area contributed by atoms with Crippen molar-refractivity contribution >= 4 is 22.5 Å². The number of benzene rings is 1. The standard InChI is InChI=1S/C18H22F2N4O2/c1-2-23-11-13(18(26)22-4-3-19)17(25)12-9-14(20)16(10-15(12)23)24-7-5-21-6-8-24/h9-11,21H,2-8H2,1H3,(H,22,26). The number of hydrogen-bond acceptors (Lipinski definition) is 4. The van der Waals surface area contributed by atoms with Gasteiger partial charge in [0.15, 0.2) is 0 Å². The molecule has 2 heterocycles. The minimum atomic E-state index is -0.718. The summed E-state index contributed by atoms with van der Waals surface area (Å²) in [5.74, 6) is -1.14. The van der Waals surface area contributed by atoms with Crippen molar-refractivity contribution in [1.82, 2.24) is 15.2 Å². The van der Waals surface area contributed by atoms with Crippen LogP contribution in [0.5, 0.6) is 0 Å². The molecule has 26 heavy (non-hydrogen) atoms. The number of rotatable bonds is 5. The number of carbonyl (C=O) groups excluding carboxylic acids is 1. The summed E-state index contributed by atoms with van der Waals surface area (Å²) in [5.41, 5.74) is 0.374. The average Bonchev–Trinajstić information content (AvgIpc) is 2.67. The Hall–Kier alpha value is -2.48. The highest BCUT2D eigenvalue weighted by Gasteiger charge is 2.20. The predicted molar refractivity (Wildman–Crippen MR) is 97.2 cm³/mol. The van der Waals surface area contributed by atoms with Crippen molar-refractivity contribution in [1.29, 1.82) is 0 Å². The normalized spacial score (nSPS) is 14.7. The molecule has 1 aromatic heterocycles. The van der Waals surface area contributed by atoms with E-state index in [9.17, 15) is 18.4 Å². The van der Waals surface area contributed by atoms with Gasteiger partial charge in [0.05, 0.1) is 11.2 Å². The fraction of sp³-hybridized carbons (Fsp3) is 0.444. The molecule has 6 nitrogen and oxygen atoms in total. The first-order chi connectivity index (χ1) is 12.6. The van der Waals surface area contributed by atoms with E-state index in [1.54, 1.807) is 10.6 Å². The Bertz CT molecular complexity index is 876. The molecule has 0 spiro atoms. The lowest BCUT2D eigenvalue weighted by molar-refractivity contribution is 0.0949. The van der Waals surface area contributed by atoms with Gasteiger partial charge in [-0.2, -0.15) is 0 Å². The maximum Gasteiger partial charge on any atom is 0.256 e. The van der Waals surface area contributed by atoms with Crippen LogP contribution in [-0.4, -0.2) is 49.9 Å². The molecule has 0 bridgehead atoms. The monoisotopic (exact) mass is 364 g/mol. The summed E-state index contributed by atoms with van der Waals surface area (Å²) < 4.78 is 28.7. The Kier molecular flexibility index (Phi) is 5.51. The van der Waals surface area contributed by atoms with Crippen LogP contribution >= 0.6 is 0 Å². The molecule has 2 N–H and O–H groups in total. The minimum absolute atomic E-state index is 0.109. The molecule has 1 amide bonds. The van der Waals surface area contributed by atoms with E-state index in [0.717, 1.165) is 13.1 Å². The van der Waals surface area contributed by atoms with Crippen molar-refractivity contribution in [2.24, 2.45) is 0 Å². The van der Waals surface area contributed by atoms with Crippen LogP contribution in [0.1, 0.15) is 17.3 Å². The molecule has 1 aliphatic heterocycles. The lowest BCUT2D eigenvalue weighted by Gasteiger charge is -2.30. The van der Waals surface area contributed by atoms with Gasteiger partial charge in [-0.25, -0.2) is 8.78 Å². The van der Waals surface area contributed by atoms with Gasteiger partial charge in [-0.3, -0.25) is 9.59 Å². The zero-order valence-corrected chi connectivity index (χ0v) is 14.6. The van der Waals surface area contributed by atoms with Crippen molar-refractivity contribution in [3.63, 3.8) is 0 Å². The average molecular weight is 364 g/mol. The van der Waals surface area contributed by atoms with Crippen molar-refractivity contribution in [2.75, 3.05) is 44.3 Å². The quantitative estimate of drug-likeness (QED) is 0.839. The molecule has 8 heteroatoms. The summed E-state index contributed by atoms with van der Waals surface area (Å²) in [4.78, 5) is 26.8. The Morgan fingerprint density at radius 1 is 1.31 bits per heavy atom. The van der Waals surface area contributed by atoms with Crippen LogP contribution in [0, 0.1) is 5.82 Å². The van der Waals surface area contributed by atoms with Gasteiger partial charge in [-0.1, -0.05) is 0 Å². The summed E-state index contributed by atoms with van der Waals surface area (Å²) in [7, 11) is 0. The lowest BCUT2D eigenvalue weighted by atomic mass is 10.1. The molecule has 1 aliphatic rings. The van der Waals surface area contributed by atoms with E-state index >= 15 is 0 Å². The summed E-state index contributed by atoms with van der Waals surface area (Å²) >= 11 is 0. The van der Waals surface area contributed by atoms with E-state index in [0.29, 0.717) is 30.8 Å². The highest BCUT2D eigenvalue weighted by molar-refractivity contribution is 5.97. The molecule has 0 radical (unpaired) electrons. The van der Waals surface area contributed by atoms with Crippen molar-refractivity contribution < 1.29 is 13.6 Å². The number of aromatic nitrogens is 1. The maximum absolute atomic E-state index is 14.7. The Morgan fingerprint density at radius 3 is 2.69 bits per heavy atom. The highest BCUT2D eigenvalue weighted by atomic mass is 19.1. The van der Waals surface area contributed by atoms with Crippen LogP contribution in [0.4, 0.5) is 14.5 Å². The molecular weight excluding hydrogens is 342 g/mol. The molecule has 1 aromatic carbocycles. The van der Waals surface area contributed by atoms with E-state index in [-0.39, 0.29) is 17.5 Å². The number of alkyl halides is 1. The van der Waals surface area contributed by atoms with Crippen LogP contribution in [0.15, 0.2) is 23.1 Å². The van der Waals surface area contributed by atoms with Crippen LogP contribution in [0.25, 0.3) is 10.9 Å². The highest BCUT2D eigenvalue weighted by Crippen LogP contribution is 2.25. The van der Waals surface area contributed by atoms with Crippen LogP contribution < -0.4 is 21.0 Å². The van der Waals surface area contributed by atoms with E-state index in [1.807, 2.05) is 11.8 Å². The third-order valence-corrected chi connectivity index (χ3v) is 4.57. The number of fused-ring (bicyclic) bond motifs is 1. The summed E-state index contributed by atoms with van der Waals surface area (Å²) in [6, 6.07) is 2.87. The summed E-state index contributed by atoms with van der Waals surface area (Å²) in [6.07, 6.45) is 1.46. The molecule has 0 atom stereocenters. The molecule has 0 unspecified atom stereocenters. The number of piperazine rings is 1. The third kappa shape index (κ3) is 3.41. The SMILES string of the molecule is CCn1cc(C(=O)NCCF)c(=O)c2cc(F)c(N3CCNCC3)cc21. The molecule has 3 rings (SSSR count). The van der Waals surface area contributed by atoms with Crippen LogP contribution in [0.3, 0.4) is 0 Å². The number of halogens is 2. The van der Waals surface area contributed by atoms with Gasteiger partial charge in [-0.15, -0.1) is 0 Å². The van der Waals surface area contributed by atoms with Crippen LogP contribution in [0.2, 0.25) is 0 Å². The fourth-order valence-electron chi connectivity index (χ4n) is 3.23. The van der Waals surface area contributed by atoms with Gasteiger partial charge in [0.2, 0.25) is 5.43 Å². The molecular formula is C18H22F2N4O2. The number of hydrogen-bond donors (Lipinski definition) is 2. The second kappa shape index (κ2) is 7.82. The first-order valence-electron chi connectivity index (χ1n) is 8.73. The number of anilines is 1. The van der Waals surface area contributed by atoms with Crippen molar-refractivity contribution in [3.05, 3.63) is 39.9 Å². The predicted octanol–water partition coefficient (Wildman–Crippen LogP) is 1.27. The Morgan fingerprint density at radius 2 is 2.04 bits per heavy atom. The van der Waals surface area contributed by atoms with Crippen LogP contribution in [-0.2, 0) is 6.54 Å². The summed E-state index contributed by atoms with van der Waals surface area (Å²) in [6.45, 7) is 4.40. The smallest absolute Gasteiger partial charge is 0.256 e. The largest absolute Gasteiger partial charge is 0.367 e. The Balaban J connectivity index is 2.12. The molecule has 0 aliphatic carbocycles. The first-order valence-corrected chi connectivity index (χ1v) is 8.73. The molecule has 0 saturated carbocycles. The fourth-order valence-corrected chi connectivity index (χ4v) is 3.23. The number of pyridine rings is 1. The zero-order valence-electron chi connectivity index (χ0n) is 14.6. The van der Waals surface area contributed by atoms with E-state index < -0.39 is 23.8 Å². The van der Waals surface area contributed by atoms with E-state index in [2.05, 4.69) is 10.6 Å². The molecule has 140 valence electrons. The second-order valence-corrected chi connectivity index (χ2v) is 6.16. The second-order valence-electron chi connectivity index (χ2n) is 6.16. The van der Waals surface area contributed by atoms with Gasteiger partial charge in [0.25, 0.3) is 5.91 Å². The van der Waals surface area contributed by atoms with Gasteiger partial charge < -0.3 is 20.1 Å². The maximum atomic E-state index is 14.7. The lowest BCUT2D eigenvalue weighted by Crippen LogP contribution is -2.44. The van der Waals surface area contributed by atoms with E-state index in [4.69, 9.17) is 0 Å². The topological polar surface area (TPSA) is 66.4 Å². The minimum Gasteiger partial charge on any atom is -0.367 e. The number of nitrogens with one attached hydrogen (secondary N) is 2. The number of amides is 1. The summed E-state index contributed by atoms with van der Waals surface area (Å²) in [5, 5.41) is 5.72. The zero-order chi connectivity index (χ0) is 18.7. The van der Waals surface area contributed by atoms with Gasteiger partial charge in [0, 0.05) is 50.9 Å². The number of nitrogens with zero attached hydrogens (tertiary/aromatic N) is 2. The number of aryl methyl sites for hydroxylation is 1. The van der Waals surface area contributed by atoms with Crippen molar-refractivity contribution in [3.8, 4) is 0 Å². The first kappa shape index (κ1) is 18.3. The number of carbonyl (C=O) groups is 1. The Labute approximate surface area is 149 Å². The van der Waals surface area contributed by atoms with Crippen molar-refractivity contribution in [2.45, 2.75) is 13.5 Å². The molecule has 1 fully saturated rings. The van der Waals surface area contributed by atoms with Gasteiger partial charge in [-0.05, 0) is 19.1 Å². The van der Waals surface area contributed by atoms with Gasteiger partial charge in [0.1, 0.15) is 18.1 Å². The van der Waals surface area contributed by atoms with Gasteiger partial charge >= 0.3 is 0 Å². The third-order valence-electron chi connectivity index (χ3n) is 4.57. The molecule has 2 aromatic rings.